The van der Waals surface area contributed by atoms with Crippen LogP contribution in [0.1, 0.15) is 45.7 Å². The second kappa shape index (κ2) is 7.50. The maximum absolute atomic E-state index is 12.6. The Morgan fingerprint density at radius 2 is 1.96 bits per heavy atom. The zero-order valence-electron chi connectivity index (χ0n) is 14.5. The van der Waals surface area contributed by atoms with Gasteiger partial charge in [0.05, 0.1) is 10.9 Å². The molecule has 1 aromatic heterocycles. The molecule has 1 aliphatic carbocycles. The topological polar surface area (TPSA) is 58.6 Å². The number of rotatable bonds is 6. The van der Waals surface area contributed by atoms with Gasteiger partial charge in [-0.2, -0.15) is 0 Å². The molecular formula is C20H22N2O3S. The molecule has 2 aliphatic rings. The predicted octanol–water partition coefficient (Wildman–Crippen LogP) is 3.32. The van der Waals surface area contributed by atoms with Crippen LogP contribution in [-0.2, 0) is 0 Å². The molecule has 1 saturated carbocycles. The number of likely N-dealkylation sites (tertiary alicyclic amines) is 1. The Morgan fingerprint density at radius 3 is 2.65 bits per heavy atom. The highest BCUT2D eigenvalue weighted by molar-refractivity contribution is 7.12. The molecule has 2 heterocycles. The number of benzene rings is 1. The highest BCUT2D eigenvalue weighted by Crippen LogP contribution is 2.24. The number of amides is 2. The van der Waals surface area contributed by atoms with Gasteiger partial charge in [0.25, 0.3) is 11.8 Å². The zero-order valence-corrected chi connectivity index (χ0v) is 15.3. The first-order valence-electron chi connectivity index (χ1n) is 9.09. The minimum atomic E-state index is -0.0254. The molecule has 0 radical (unpaired) electrons. The summed E-state index contributed by atoms with van der Waals surface area (Å²) in [6, 6.07) is 11.4. The van der Waals surface area contributed by atoms with Crippen LogP contribution in [0.25, 0.3) is 0 Å². The maximum Gasteiger partial charge on any atom is 0.264 e. The van der Waals surface area contributed by atoms with Crippen molar-refractivity contribution in [2.45, 2.75) is 37.8 Å². The Kier molecular flexibility index (Phi) is 4.93. The van der Waals surface area contributed by atoms with E-state index in [9.17, 15) is 9.59 Å². The number of ether oxygens (including phenoxy) is 1. The van der Waals surface area contributed by atoms with E-state index in [2.05, 4.69) is 5.32 Å². The van der Waals surface area contributed by atoms with E-state index in [-0.39, 0.29) is 17.9 Å². The average molecular weight is 370 g/mol. The summed E-state index contributed by atoms with van der Waals surface area (Å²) in [5.41, 5.74) is 0.652. The van der Waals surface area contributed by atoms with Gasteiger partial charge < -0.3 is 15.0 Å². The van der Waals surface area contributed by atoms with Crippen LogP contribution in [0.2, 0.25) is 0 Å². The second-order valence-corrected chi connectivity index (χ2v) is 7.80. The van der Waals surface area contributed by atoms with Gasteiger partial charge in [-0.3, -0.25) is 9.59 Å². The number of hydrogen-bond donors (Lipinski definition) is 1. The van der Waals surface area contributed by atoms with Crippen molar-refractivity contribution in [2.75, 3.05) is 13.2 Å². The zero-order chi connectivity index (χ0) is 17.9. The molecular weight excluding hydrogens is 348 g/mol. The Morgan fingerprint density at radius 1 is 1.15 bits per heavy atom. The monoisotopic (exact) mass is 370 g/mol. The van der Waals surface area contributed by atoms with Gasteiger partial charge in [0.15, 0.2) is 0 Å². The Balaban J connectivity index is 1.32. The van der Waals surface area contributed by atoms with E-state index in [0.29, 0.717) is 18.2 Å². The van der Waals surface area contributed by atoms with Crippen LogP contribution in [0.3, 0.4) is 0 Å². The molecule has 0 bridgehead atoms. The summed E-state index contributed by atoms with van der Waals surface area (Å²) >= 11 is 1.48. The fourth-order valence-corrected chi connectivity index (χ4v) is 3.89. The lowest BCUT2D eigenvalue weighted by molar-refractivity contribution is 0.0696. The molecule has 2 aromatic rings. The van der Waals surface area contributed by atoms with Crippen molar-refractivity contribution in [3.05, 3.63) is 52.2 Å². The molecule has 1 atom stereocenters. The molecule has 4 rings (SSSR count). The minimum Gasteiger partial charge on any atom is -0.491 e. The van der Waals surface area contributed by atoms with Crippen LogP contribution in [0.4, 0.5) is 0 Å². The van der Waals surface area contributed by atoms with Gasteiger partial charge in [-0.1, -0.05) is 6.07 Å². The van der Waals surface area contributed by atoms with Crippen molar-refractivity contribution >= 4 is 23.2 Å². The van der Waals surface area contributed by atoms with Crippen LogP contribution in [0.5, 0.6) is 5.75 Å². The van der Waals surface area contributed by atoms with Crippen LogP contribution >= 0.6 is 11.3 Å². The summed E-state index contributed by atoms with van der Waals surface area (Å²) < 4.78 is 5.89. The summed E-state index contributed by atoms with van der Waals surface area (Å²) in [5.74, 6) is 0.796. The molecule has 0 unspecified atom stereocenters. The number of carbonyl (C=O) groups is 2. The van der Waals surface area contributed by atoms with E-state index in [1.165, 1.54) is 11.3 Å². The van der Waals surface area contributed by atoms with Gasteiger partial charge in [-0.15, -0.1) is 11.3 Å². The highest BCUT2D eigenvalue weighted by atomic mass is 32.1. The fraction of sp³-hybridized carbons (Fsp3) is 0.400. The molecule has 2 fully saturated rings. The van der Waals surface area contributed by atoms with Crippen molar-refractivity contribution in [1.82, 2.24) is 10.2 Å². The molecule has 6 heteroatoms. The lowest BCUT2D eigenvalue weighted by atomic mass is 10.2. The van der Waals surface area contributed by atoms with E-state index >= 15 is 0 Å². The Bertz CT molecular complexity index is 769. The summed E-state index contributed by atoms with van der Waals surface area (Å²) in [5, 5.41) is 4.90. The molecule has 0 spiro atoms. The lowest BCUT2D eigenvalue weighted by Gasteiger charge is -2.24. The van der Waals surface area contributed by atoms with Gasteiger partial charge in [0.2, 0.25) is 0 Å². The smallest absolute Gasteiger partial charge is 0.264 e. The van der Waals surface area contributed by atoms with Gasteiger partial charge in [-0.05, 0) is 61.4 Å². The summed E-state index contributed by atoms with van der Waals surface area (Å²) in [6.45, 7) is 1.26. The van der Waals surface area contributed by atoms with Gasteiger partial charge >= 0.3 is 0 Å². The van der Waals surface area contributed by atoms with E-state index in [1.54, 1.807) is 12.1 Å². The number of carbonyl (C=O) groups excluding carboxylic acids is 2. The SMILES string of the molecule is O=C(NC1CC1)c1ccc(OC[C@@H]2CCCN2C(=O)c2cccs2)cc1. The third kappa shape index (κ3) is 3.90. The van der Waals surface area contributed by atoms with Crippen LogP contribution in [0.15, 0.2) is 41.8 Å². The normalized spacial score (nSPS) is 19.4. The second-order valence-electron chi connectivity index (χ2n) is 6.86. The first-order chi connectivity index (χ1) is 12.7. The molecule has 2 amide bonds. The number of nitrogens with one attached hydrogen (secondary N) is 1. The fourth-order valence-electron chi connectivity index (χ4n) is 3.21. The average Bonchev–Trinajstić information content (AvgIpc) is 3.15. The Labute approximate surface area is 157 Å². The van der Waals surface area contributed by atoms with Gasteiger partial charge in [-0.25, -0.2) is 0 Å². The van der Waals surface area contributed by atoms with E-state index in [0.717, 1.165) is 42.9 Å². The van der Waals surface area contributed by atoms with Crippen LogP contribution in [-0.4, -0.2) is 41.9 Å². The number of hydrogen-bond acceptors (Lipinski definition) is 4. The number of nitrogens with zero attached hydrogens (tertiary/aromatic N) is 1. The molecule has 1 aromatic carbocycles. The maximum atomic E-state index is 12.6. The summed E-state index contributed by atoms with van der Waals surface area (Å²) in [6.07, 6.45) is 4.12. The van der Waals surface area contributed by atoms with Gasteiger partial charge in [0, 0.05) is 18.2 Å². The minimum absolute atomic E-state index is 0.0254. The largest absolute Gasteiger partial charge is 0.491 e. The first-order valence-corrected chi connectivity index (χ1v) is 9.97. The van der Waals surface area contributed by atoms with Crippen LogP contribution < -0.4 is 10.1 Å². The van der Waals surface area contributed by atoms with Crippen molar-refractivity contribution in [3.8, 4) is 5.75 Å². The lowest BCUT2D eigenvalue weighted by Crippen LogP contribution is -2.38. The summed E-state index contributed by atoms with van der Waals surface area (Å²) in [4.78, 5) is 27.3. The molecule has 1 aliphatic heterocycles. The van der Waals surface area contributed by atoms with Crippen LogP contribution in [0, 0.1) is 0 Å². The summed E-state index contributed by atoms with van der Waals surface area (Å²) in [7, 11) is 0. The molecule has 136 valence electrons. The molecule has 1 saturated heterocycles. The third-order valence-corrected chi connectivity index (χ3v) is 5.70. The molecule has 1 N–H and O–H groups in total. The third-order valence-electron chi connectivity index (χ3n) is 4.84. The quantitative estimate of drug-likeness (QED) is 0.849. The molecule has 5 nitrogen and oxygen atoms in total. The number of thiophene rings is 1. The highest BCUT2D eigenvalue weighted by Gasteiger charge is 2.30. The van der Waals surface area contributed by atoms with E-state index in [4.69, 9.17) is 4.74 Å². The van der Waals surface area contributed by atoms with Crippen molar-refractivity contribution in [3.63, 3.8) is 0 Å². The standard InChI is InChI=1S/C20H22N2O3S/c23-19(21-15-7-8-15)14-5-9-17(10-6-14)25-13-16-3-1-11-22(16)20(24)18-4-2-12-26-18/h2,4-6,9-10,12,15-16H,1,3,7-8,11,13H2,(H,21,23)/t16-/m0/s1. The van der Waals surface area contributed by atoms with E-state index in [1.807, 2.05) is 34.5 Å². The Hall–Kier alpha value is -2.34. The van der Waals surface area contributed by atoms with Gasteiger partial charge in [0.1, 0.15) is 12.4 Å². The van der Waals surface area contributed by atoms with E-state index < -0.39 is 0 Å². The van der Waals surface area contributed by atoms with Crippen molar-refractivity contribution < 1.29 is 14.3 Å². The van der Waals surface area contributed by atoms with Crippen molar-refractivity contribution in [2.24, 2.45) is 0 Å². The predicted molar refractivity (Wildman–Crippen MR) is 101 cm³/mol. The first kappa shape index (κ1) is 17.1. The molecule has 26 heavy (non-hydrogen) atoms. The van der Waals surface area contributed by atoms with Crippen molar-refractivity contribution in [1.29, 1.82) is 0 Å².